The molecule has 0 spiro atoms. The van der Waals surface area contributed by atoms with Crippen molar-refractivity contribution in [2.45, 2.75) is 19.8 Å². The van der Waals surface area contributed by atoms with E-state index >= 15 is 0 Å². The van der Waals surface area contributed by atoms with Gasteiger partial charge >= 0.3 is 0 Å². The summed E-state index contributed by atoms with van der Waals surface area (Å²) in [6.45, 7) is 2.10. The summed E-state index contributed by atoms with van der Waals surface area (Å²) in [4.78, 5) is 12.5. The molecule has 24 heavy (non-hydrogen) atoms. The van der Waals surface area contributed by atoms with E-state index in [2.05, 4.69) is 63.6 Å². The minimum absolute atomic E-state index is 0.543. The average molecular weight is 337 g/mol. The van der Waals surface area contributed by atoms with E-state index in [0.29, 0.717) is 16.8 Å². The van der Waals surface area contributed by atoms with Crippen LogP contribution in [-0.2, 0) is 6.42 Å². The highest BCUT2D eigenvalue weighted by Crippen LogP contribution is 2.19. The molecule has 2 aromatic rings. The fraction of sp³-hybridized carbons (Fsp3) is 0.158. The number of fused-ring (bicyclic) bond motifs is 6. The van der Waals surface area contributed by atoms with Crippen LogP contribution in [0.4, 0.5) is 5.95 Å². The highest BCUT2D eigenvalue weighted by atomic mass is 35.5. The Morgan fingerprint density at radius 2 is 2.00 bits per heavy atom. The van der Waals surface area contributed by atoms with Gasteiger partial charge in [0.05, 0.1) is 10.5 Å². The van der Waals surface area contributed by atoms with Gasteiger partial charge in [-0.1, -0.05) is 35.9 Å². The monoisotopic (exact) mass is 336 g/mol. The molecule has 0 atom stereocenters. The number of anilines is 1. The van der Waals surface area contributed by atoms with Crippen LogP contribution >= 0.6 is 11.6 Å². The van der Waals surface area contributed by atoms with Crippen LogP contribution in [0.2, 0.25) is 0 Å². The number of rotatable bonds is 0. The van der Waals surface area contributed by atoms with Crippen molar-refractivity contribution in [2.24, 2.45) is 0 Å². The van der Waals surface area contributed by atoms with Crippen molar-refractivity contribution in [1.29, 1.82) is 0 Å². The van der Waals surface area contributed by atoms with Crippen LogP contribution in [0.1, 0.15) is 23.5 Å². The molecule has 4 nitrogen and oxygen atoms in total. The van der Waals surface area contributed by atoms with E-state index in [1.54, 1.807) is 6.20 Å². The molecule has 1 aliphatic carbocycles. The summed E-state index contributed by atoms with van der Waals surface area (Å²) in [7, 11) is 0. The maximum Gasteiger partial charge on any atom is 0.206 e. The second-order valence-corrected chi connectivity index (χ2v) is 6.34. The fourth-order valence-corrected chi connectivity index (χ4v) is 2.94. The largest absolute Gasteiger partial charge is 0.331 e. The number of aromatic amines is 1. The third-order valence-electron chi connectivity index (χ3n) is 4.13. The molecular weight excluding hydrogens is 320 g/mol. The van der Waals surface area contributed by atoms with Gasteiger partial charge in [0.1, 0.15) is 0 Å². The number of aryl methyl sites for hydroxylation is 2. The zero-order valence-electron chi connectivity index (χ0n) is 13.3. The number of H-pyrrole nitrogens is 1. The quantitative estimate of drug-likeness (QED) is 0.766. The Morgan fingerprint density at radius 1 is 1.08 bits per heavy atom. The average Bonchev–Trinajstić information content (AvgIpc) is 2.58. The molecule has 0 amide bonds. The lowest BCUT2D eigenvalue weighted by atomic mass is 10.1. The summed E-state index contributed by atoms with van der Waals surface area (Å²) < 4.78 is 0. The molecule has 2 N–H and O–H groups in total. The number of nitrogens with zero attached hydrogens (tertiary/aromatic N) is 2. The molecule has 120 valence electrons. The molecule has 4 rings (SSSR count). The Labute approximate surface area is 144 Å². The van der Waals surface area contributed by atoms with E-state index in [9.17, 15) is 0 Å². The van der Waals surface area contributed by atoms with Gasteiger partial charge in [-0.05, 0) is 54.1 Å². The van der Waals surface area contributed by atoms with E-state index in [0.717, 1.165) is 29.4 Å². The number of hydrogen-bond donors (Lipinski definition) is 2. The van der Waals surface area contributed by atoms with E-state index in [-0.39, 0.29) is 0 Å². The van der Waals surface area contributed by atoms with Crippen LogP contribution in [0.3, 0.4) is 0 Å². The molecular formula is C19H17ClN4. The van der Waals surface area contributed by atoms with E-state index < -0.39 is 0 Å². The van der Waals surface area contributed by atoms with Crippen LogP contribution in [0, 0.1) is 6.92 Å². The van der Waals surface area contributed by atoms with Crippen LogP contribution in [0.15, 0.2) is 42.6 Å². The summed E-state index contributed by atoms with van der Waals surface area (Å²) in [6.07, 6.45) is 5.82. The summed E-state index contributed by atoms with van der Waals surface area (Å²) in [6, 6.07) is 12.5. The van der Waals surface area contributed by atoms with Gasteiger partial charge in [-0.3, -0.25) is 0 Å². The molecule has 0 saturated heterocycles. The molecule has 2 aliphatic rings. The Morgan fingerprint density at radius 3 is 2.92 bits per heavy atom. The smallest absolute Gasteiger partial charge is 0.206 e. The van der Waals surface area contributed by atoms with Gasteiger partial charge in [0.2, 0.25) is 5.95 Å². The molecule has 0 radical (unpaired) electrons. The summed E-state index contributed by atoms with van der Waals surface area (Å²) >= 11 is 6.27. The van der Waals surface area contributed by atoms with E-state index in [4.69, 9.17) is 11.6 Å². The number of hydrogen-bond acceptors (Lipinski definition) is 3. The van der Waals surface area contributed by atoms with Gasteiger partial charge in [0.25, 0.3) is 0 Å². The maximum atomic E-state index is 6.27. The Balaban J connectivity index is 2.12. The third kappa shape index (κ3) is 3.05. The minimum Gasteiger partial charge on any atom is -0.331 e. The second kappa shape index (κ2) is 6.13. The standard InChI is InChI=1S/C19H17ClN4/c1-12-5-8-16-10-14(12)7-6-13-3-2-4-15(9-13)22-18-17(20)11-21-19(23-16)24-18/h3,5-11H,2,4H2,1H3,(H2,21,22,23,24). The van der Waals surface area contributed by atoms with Crippen LogP contribution < -0.4 is 10.5 Å². The number of nitrogens with one attached hydrogen (secondary N) is 2. The van der Waals surface area contributed by atoms with Gasteiger partial charge in [0.15, 0.2) is 5.82 Å². The van der Waals surface area contributed by atoms with Crippen molar-refractivity contribution in [1.82, 2.24) is 15.0 Å². The first-order valence-corrected chi connectivity index (χ1v) is 8.32. The first kappa shape index (κ1) is 15.0. The maximum absolute atomic E-state index is 6.27. The lowest BCUT2D eigenvalue weighted by Crippen LogP contribution is -2.08. The van der Waals surface area contributed by atoms with Crippen molar-refractivity contribution >= 4 is 39.6 Å². The van der Waals surface area contributed by atoms with E-state index in [1.807, 2.05) is 6.07 Å². The topological polar surface area (TPSA) is 53.6 Å². The zero-order valence-corrected chi connectivity index (χ0v) is 14.1. The number of aromatic nitrogens is 3. The Kier molecular flexibility index (Phi) is 3.82. The van der Waals surface area contributed by atoms with Crippen molar-refractivity contribution in [3.05, 3.63) is 64.9 Å². The van der Waals surface area contributed by atoms with Crippen LogP contribution in [0.5, 0.6) is 0 Å². The van der Waals surface area contributed by atoms with E-state index in [1.165, 1.54) is 10.8 Å². The first-order chi connectivity index (χ1) is 11.7. The summed E-state index contributed by atoms with van der Waals surface area (Å²) in [5.41, 5.74) is 3.10. The Bertz CT molecular complexity index is 1020. The highest BCUT2D eigenvalue weighted by molar-refractivity contribution is 6.48. The molecule has 5 heteroatoms. The SMILES string of the molecule is Cc1ccc2cc1ccc1cc(nc3[nH]c(n2)NC=C3Cl)CCC=1. The van der Waals surface area contributed by atoms with Crippen molar-refractivity contribution in [3.63, 3.8) is 0 Å². The first-order valence-electron chi connectivity index (χ1n) is 7.94. The summed E-state index contributed by atoms with van der Waals surface area (Å²) in [5, 5.41) is 5.93. The molecule has 0 fully saturated rings. The van der Waals surface area contributed by atoms with Gasteiger partial charge in [-0.2, -0.15) is 0 Å². The van der Waals surface area contributed by atoms with Gasteiger partial charge in [-0.15, -0.1) is 0 Å². The molecule has 0 unspecified atom stereocenters. The second-order valence-electron chi connectivity index (χ2n) is 5.94. The third-order valence-corrected chi connectivity index (χ3v) is 4.42. The molecule has 1 aromatic carbocycles. The normalized spacial score (nSPS) is 14.0. The lowest BCUT2D eigenvalue weighted by Gasteiger charge is -2.09. The van der Waals surface area contributed by atoms with Gasteiger partial charge in [0, 0.05) is 11.9 Å². The predicted molar refractivity (Wildman–Crippen MR) is 99.3 cm³/mol. The Hall–Kier alpha value is -2.59. The molecule has 2 heterocycles. The van der Waals surface area contributed by atoms with Crippen molar-refractivity contribution < 1.29 is 0 Å². The fourth-order valence-electron chi connectivity index (χ4n) is 2.80. The zero-order chi connectivity index (χ0) is 16.5. The molecule has 1 aromatic heterocycles. The molecule has 1 aliphatic heterocycles. The number of halogens is 1. The molecule has 0 saturated carbocycles. The van der Waals surface area contributed by atoms with Crippen LogP contribution in [0.25, 0.3) is 22.0 Å². The lowest BCUT2D eigenvalue weighted by molar-refractivity contribution is 0.935. The number of benzene rings is 1. The van der Waals surface area contributed by atoms with Crippen LogP contribution in [-0.4, -0.2) is 15.0 Å². The summed E-state index contributed by atoms with van der Waals surface area (Å²) in [5.74, 6) is 1.24. The van der Waals surface area contributed by atoms with Crippen molar-refractivity contribution in [2.75, 3.05) is 5.32 Å². The van der Waals surface area contributed by atoms with Crippen molar-refractivity contribution in [3.8, 4) is 0 Å². The van der Waals surface area contributed by atoms with Gasteiger partial charge < -0.3 is 10.3 Å². The molecule has 6 bridgehead atoms. The highest BCUT2D eigenvalue weighted by Gasteiger charge is 2.07. The predicted octanol–water partition coefficient (Wildman–Crippen LogP) is 3.92. The minimum atomic E-state index is 0.543. The van der Waals surface area contributed by atoms with Gasteiger partial charge in [-0.25, -0.2) is 9.97 Å².